The maximum atomic E-state index is 12.3. The van der Waals surface area contributed by atoms with Crippen LogP contribution in [-0.2, 0) is 10.5 Å². The van der Waals surface area contributed by atoms with E-state index in [0.717, 1.165) is 21.3 Å². The number of benzene rings is 2. The van der Waals surface area contributed by atoms with Gasteiger partial charge in [0.15, 0.2) is 0 Å². The Kier molecular flexibility index (Phi) is 6.26. The summed E-state index contributed by atoms with van der Waals surface area (Å²) in [6, 6.07) is 14.0. The van der Waals surface area contributed by atoms with E-state index in [1.165, 1.54) is 6.92 Å². The summed E-state index contributed by atoms with van der Waals surface area (Å²) in [4.78, 5) is 28.8. The second kappa shape index (κ2) is 8.83. The summed E-state index contributed by atoms with van der Waals surface area (Å²) in [6.07, 6.45) is 0. The van der Waals surface area contributed by atoms with Crippen LogP contribution in [0.1, 0.15) is 28.0 Å². The van der Waals surface area contributed by atoms with Crippen molar-refractivity contribution in [3.8, 4) is 5.75 Å². The number of rotatable bonds is 6. The van der Waals surface area contributed by atoms with Gasteiger partial charge in [-0.2, -0.15) is 0 Å². The summed E-state index contributed by atoms with van der Waals surface area (Å²) in [6.45, 7) is 3.43. The standard InChI is InChI=1S/C20H18N2O3S2/c1-13(23)21-16-5-7-18(8-6-16)25-20(24)15-3-9-19(10-4-15)27-12-17-11-26-14(2)22-17/h3-11H,12H2,1-2H3,(H,21,23). The number of nitrogens with one attached hydrogen (secondary N) is 1. The van der Waals surface area contributed by atoms with Crippen LogP contribution in [0.25, 0.3) is 0 Å². The van der Waals surface area contributed by atoms with Crippen LogP contribution in [0.2, 0.25) is 0 Å². The molecule has 138 valence electrons. The maximum absolute atomic E-state index is 12.3. The van der Waals surface area contributed by atoms with Crippen LogP contribution in [0.15, 0.2) is 58.8 Å². The minimum absolute atomic E-state index is 0.150. The molecule has 1 heterocycles. The number of anilines is 1. The molecule has 3 rings (SSSR count). The number of carbonyl (C=O) groups is 2. The van der Waals surface area contributed by atoms with Crippen LogP contribution < -0.4 is 10.1 Å². The number of aromatic nitrogens is 1. The molecule has 3 aromatic rings. The molecule has 5 nitrogen and oxygen atoms in total. The molecule has 0 unspecified atom stereocenters. The van der Waals surface area contributed by atoms with Crippen molar-refractivity contribution >= 4 is 40.7 Å². The van der Waals surface area contributed by atoms with Gasteiger partial charge in [-0.3, -0.25) is 4.79 Å². The lowest BCUT2D eigenvalue weighted by atomic mass is 10.2. The van der Waals surface area contributed by atoms with Gasteiger partial charge in [-0.05, 0) is 55.5 Å². The zero-order chi connectivity index (χ0) is 19.2. The predicted octanol–water partition coefficient (Wildman–Crippen LogP) is 4.92. The minimum atomic E-state index is -0.422. The Morgan fingerprint density at radius 2 is 1.81 bits per heavy atom. The third-order valence-corrected chi connectivity index (χ3v) is 5.40. The summed E-state index contributed by atoms with van der Waals surface area (Å²) in [7, 11) is 0. The molecular weight excluding hydrogens is 380 g/mol. The number of thioether (sulfide) groups is 1. The first-order valence-corrected chi connectivity index (χ1v) is 10.1. The molecule has 0 fully saturated rings. The molecule has 1 aromatic heterocycles. The highest BCUT2D eigenvalue weighted by Crippen LogP contribution is 2.24. The van der Waals surface area contributed by atoms with E-state index >= 15 is 0 Å². The number of thiazole rings is 1. The van der Waals surface area contributed by atoms with Crippen LogP contribution in [0.4, 0.5) is 5.69 Å². The van der Waals surface area contributed by atoms with Crippen LogP contribution in [0, 0.1) is 6.92 Å². The Hall–Kier alpha value is -2.64. The normalized spacial score (nSPS) is 10.4. The molecule has 0 saturated heterocycles. The van der Waals surface area contributed by atoms with Gasteiger partial charge in [0, 0.05) is 28.6 Å². The molecule has 0 aliphatic heterocycles. The second-order valence-electron chi connectivity index (χ2n) is 5.77. The minimum Gasteiger partial charge on any atom is -0.423 e. The Bertz CT molecular complexity index is 935. The molecule has 0 saturated carbocycles. The highest BCUT2D eigenvalue weighted by atomic mass is 32.2. The molecule has 2 aromatic carbocycles. The first-order valence-electron chi connectivity index (χ1n) is 8.23. The zero-order valence-corrected chi connectivity index (χ0v) is 16.5. The van der Waals surface area contributed by atoms with E-state index in [1.54, 1.807) is 59.5 Å². The van der Waals surface area contributed by atoms with E-state index in [4.69, 9.17) is 4.74 Å². The largest absolute Gasteiger partial charge is 0.423 e. The number of hydrogen-bond acceptors (Lipinski definition) is 6. The van der Waals surface area contributed by atoms with Crippen molar-refractivity contribution < 1.29 is 14.3 Å². The number of aryl methyl sites for hydroxylation is 1. The predicted molar refractivity (Wildman–Crippen MR) is 109 cm³/mol. The van der Waals surface area contributed by atoms with Gasteiger partial charge >= 0.3 is 5.97 Å². The molecule has 0 aliphatic rings. The number of nitrogens with zero attached hydrogens (tertiary/aromatic N) is 1. The van der Waals surface area contributed by atoms with Gasteiger partial charge in [-0.15, -0.1) is 23.1 Å². The van der Waals surface area contributed by atoms with Crippen molar-refractivity contribution in [1.29, 1.82) is 0 Å². The number of ether oxygens (including phenoxy) is 1. The van der Waals surface area contributed by atoms with E-state index in [-0.39, 0.29) is 5.91 Å². The van der Waals surface area contributed by atoms with Gasteiger partial charge in [-0.1, -0.05) is 0 Å². The summed E-state index contributed by atoms with van der Waals surface area (Å²) in [5, 5.41) is 5.79. The summed E-state index contributed by atoms with van der Waals surface area (Å²) in [5.74, 6) is 0.650. The SMILES string of the molecule is CC(=O)Nc1ccc(OC(=O)c2ccc(SCc3csc(C)n3)cc2)cc1. The highest BCUT2D eigenvalue weighted by Gasteiger charge is 2.09. The lowest BCUT2D eigenvalue weighted by Gasteiger charge is -2.07. The Balaban J connectivity index is 1.56. The summed E-state index contributed by atoms with van der Waals surface area (Å²) >= 11 is 3.32. The Labute approximate surface area is 165 Å². The average Bonchev–Trinajstić information content (AvgIpc) is 3.07. The van der Waals surface area contributed by atoms with Crippen LogP contribution in [-0.4, -0.2) is 16.9 Å². The number of carbonyl (C=O) groups excluding carboxylic acids is 2. The van der Waals surface area contributed by atoms with Gasteiger partial charge in [0.25, 0.3) is 0 Å². The van der Waals surface area contributed by atoms with Gasteiger partial charge in [0.1, 0.15) is 5.75 Å². The van der Waals surface area contributed by atoms with E-state index in [0.29, 0.717) is 17.0 Å². The van der Waals surface area contributed by atoms with Crippen molar-refractivity contribution in [2.45, 2.75) is 24.5 Å². The number of hydrogen-bond donors (Lipinski definition) is 1. The summed E-state index contributed by atoms with van der Waals surface area (Å²) < 4.78 is 5.37. The van der Waals surface area contributed by atoms with Crippen LogP contribution in [0.3, 0.4) is 0 Å². The third kappa shape index (κ3) is 5.67. The zero-order valence-electron chi connectivity index (χ0n) is 14.9. The smallest absolute Gasteiger partial charge is 0.343 e. The molecule has 0 atom stereocenters. The summed E-state index contributed by atoms with van der Waals surface area (Å²) in [5.41, 5.74) is 2.20. The number of amides is 1. The fraction of sp³-hybridized carbons (Fsp3) is 0.150. The molecule has 27 heavy (non-hydrogen) atoms. The third-order valence-electron chi connectivity index (χ3n) is 3.53. The van der Waals surface area contributed by atoms with Crippen LogP contribution >= 0.6 is 23.1 Å². The van der Waals surface area contributed by atoms with Crippen molar-refractivity contribution in [3.05, 3.63) is 70.2 Å². The fourth-order valence-corrected chi connectivity index (χ4v) is 3.80. The lowest BCUT2D eigenvalue weighted by molar-refractivity contribution is -0.114. The van der Waals surface area contributed by atoms with Crippen molar-refractivity contribution in [1.82, 2.24) is 4.98 Å². The molecular formula is C20H18N2O3S2. The van der Waals surface area contributed by atoms with Crippen molar-refractivity contribution in [3.63, 3.8) is 0 Å². The first kappa shape index (κ1) is 19.1. The van der Waals surface area contributed by atoms with E-state index < -0.39 is 5.97 Å². The molecule has 1 amide bonds. The van der Waals surface area contributed by atoms with Gasteiger partial charge in [-0.25, -0.2) is 9.78 Å². The maximum Gasteiger partial charge on any atom is 0.343 e. The topological polar surface area (TPSA) is 68.3 Å². The highest BCUT2D eigenvalue weighted by molar-refractivity contribution is 7.98. The van der Waals surface area contributed by atoms with Gasteiger partial charge in [0.2, 0.25) is 5.91 Å². The molecule has 0 bridgehead atoms. The average molecular weight is 399 g/mol. The van der Waals surface area contributed by atoms with Crippen molar-refractivity contribution in [2.24, 2.45) is 0 Å². The van der Waals surface area contributed by atoms with Gasteiger partial charge < -0.3 is 10.1 Å². The Morgan fingerprint density at radius 1 is 1.11 bits per heavy atom. The van der Waals surface area contributed by atoms with Gasteiger partial charge in [0.05, 0.1) is 16.3 Å². The second-order valence-corrected chi connectivity index (χ2v) is 7.88. The molecule has 0 aliphatic carbocycles. The molecule has 1 N–H and O–H groups in total. The molecule has 0 radical (unpaired) electrons. The van der Waals surface area contributed by atoms with Crippen molar-refractivity contribution in [2.75, 3.05) is 5.32 Å². The molecule has 0 spiro atoms. The number of esters is 1. The van der Waals surface area contributed by atoms with Crippen LogP contribution in [0.5, 0.6) is 5.75 Å². The monoisotopic (exact) mass is 398 g/mol. The molecule has 7 heteroatoms. The van der Waals surface area contributed by atoms with E-state index in [1.807, 2.05) is 19.1 Å². The quantitative estimate of drug-likeness (QED) is 0.363. The van der Waals surface area contributed by atoms with E-state index in [2.05, 4.69) is 15.7 Å². The lowest BCUT2D eigenvalue weighted by Crippen LogP contribution is -2.09. The Morgan fingerprint density at radius 3 is 2.41 bits per heavy atom. The van der Waals surface area contributed by atoms with E-state index in [9.17, 15) is 9.59 Å². The fourth-order valence-electron chi connectivity index (χ4n) is 2.29. The first-order chi connectivity index (χ1) is 13.0.